The third-order valence-corrected chi connectivity index (χ3v) is 9.61. The van der Waals surface area contributed by atoms with Crippen molar-refractivity contribution in [1.82, 2.24) is 0 Å². The van der Waals surface area contributed by atoms with Crippen molar-refractivity contribution in [1.29, 1.82) is 0 Å². The number of rotatable bonds is 7. The van der Waals surface area contributed by atoms with Gasteiger partial charge in [-0.25, -0.2) is 0 Å². The van der Waals surface area contributed by atoms with Gasteiger partial charge in [-0.3, -0.25) is 0 Å². The van der Waals surface area contributed by atoms with Gasteiger partial charge in [0.1, 0.15) is 0 Å². The van der Waals surface area contributed by atoms with Gasteiger partial charge < -0.3 is 0 Å². The lowest BCUT2D eigenvalue weighted by molar-refractivity contribution is 0.639. The van der Waals surface area contributed by atoms with E-state index in [4.69, 9.17) is 0 Å². The zero-order valence-corrected chi connectivity index (χ0v) is 22.9. The van der Waals surface area contributed by atoms with E-state index < -0.39 is 0 Å². The van der Waals surface area contributed by atoms with Crippen molar-refractivity contribution >= 4 is 24.3 Å². The molecule has 0 amide bonds. The second-order valence-electron chi connectivity index (χ2n) is 12.0. The van der Waals surface area contributed by atoms with Crippen LogP contribution in [0.5, 0.6) is 0 Å². The van der Waals surface area contributed by atoms with E-state index in [1.807, 2.05) is 0 Å². The Morgan fingerprint density at radius 2 is 0.800 bits per heavy atom. The molecule has 0 heteroatoms. The lowest BCUT2D eigenvalue weighted by Gasteiger charge is -2.28. The Labute approximate surface area is 238 Å². The van der Waals surface area contributed by atoms with Gasteiger partial charge in [-0.1, -0.05) is 144 Å². The first-order valence-electron chi connectivity index (χ1n) is 14.9. The summed E-state index contributed by atoms with van der Waals surface area (Å²) >= 11 is 0. The maximum atomic E-state index is 2.53. The Morgan fingerprint density at radius 3 is 1.25 bits per heavy atom. The highest BCUT2D eigenvalue weighted by Gasteiger charge is 2.38. The van der Waals surface area contributed by atoms with Crippen molar-refractivity contribution in [3.05, 3.63) is 164 Å². The summed E-state index contributed by atoms with van der Waals surface area (Å²) in [6.45, 7) is 0. The Bertz CT molecular complexity index is 1620. The van der Waals surface area contributed by atoms with Crippen molar-refractivity contribution in [2.24, 2.45) is 0 Å². The molecule has 0 fully saturated rings. The van der Waals surface area contributed by atoms with Gasteiger partial charge in [-0.05, 0) is 83.0 Å². The highest BCUT2D eigenvalue weighted by atomic mass is 14.4. The minimum absolute atomic E-state index is 0.422. The first-order valence-corrected chi connectivity index (χ1v) is 14.9. The summed E-state index contributed by atoms with van der Waals surface area (Å²) in [6, 6.07) is 36.1. The maximum Gasteiger partial charge on any atom is 0.0164 e. The Balaban J connectivity index is 1.08. The molecular formula is C40H34. The monoisotopic (exact) mass is 514 g/mol. The van der Waals surface area contributed by atoms with Gasteiger partial charge in [0.15, 0.2) is 0 Å². The van der Waals surface area contributed by atoms with Crippen LogP contribution in [0.3, 0.4) is 0 Å². The van der Waals surface area contributed by atoms with Crippen molar-refractivity contribution in [2.45, 2.75) is 50.4 Å². The van der Waals surface area contributed by atoms with Crippen molar-refractivity contribution in [3.8, 4) is 0 Å². The lowest BCUT2D eigenvalue weighted by atomic mass is 9.75. The van der Waals surface area contributed by atoms with Crippen molar-refractivity contribution < 1.29 is 0 Å². The van der Waals surface area contributed by atoms with E-state index in [0.717, 1.165) is 38.5 Å². The fourth-order valence-corrected chi connectivity index (χ4v) is 7.71. The Hall–Kier alpha value is -4.16. The molecule has 4 aromatic rings. The van der Waals surface area contributed by atoms with Gasteiger partial charge in [0, 0.05) is 11.8 Å². The highest BCUT2D eigenvalue weighted by molar-refractivity contribution is 5.74. The first-order chi connectivity index (χ1) is 19.8. The van der Waals surface area contributed by atoms with E-state index in [-0.39, 0.29) is 0 Å². The van der Waals surface area contributed by atoms with Crippen LogP contribution in [0, 0.1) is 0 Å². The number of hydrogen-bond acceptors (Lipinski definition) is 0. The number of benzene rings is 4. The second-order valence-corrected chi connectivity index (χ2v) is 12.0. The number of fused-ring (bicyclic) bond motifs is 4. The molecule has 0 bridgehead atoms. The summed E-state index contributed by atoms with van der Waals surface area (Å²) in [7, 11) is 0. The smallest absolute Gasteiger partial charge is 0.0164 e. The molecule has 8 rings (SSSR count). The standard InChI is InChI=1S/C40H34/c1-2-10-30-22-27(21-29(30)9-1)17-19-35-25-33-13-5-7-15-37(33)39(35)40-36(26-34-14-6-8-16-38(34)40)20-18-28-23-31-11-3-4-12-32(31)24-28/h1-16,21,23,25-26,39-40H,17-20,22,24H2. The molecule has 0 spiro atoms. The molecule has 4 aliphatic carbocycles. The molecule has 0 aliphatic heterocycles. The van der Waals surface area contributed by atoms with Gasteiger partial charge in [-0.2, -0.15) is 0 Å². The average molecular weight is 515 g/mol. The van der Waals surface area contributed by atoms with E-state index in [9.17, 15) is 0 Å². The summed E-state index contributed by atoms with van der Waals surface area (Å²) in [4.78, 5) is 0. The lowest BCUT2D eigenvalue weighted by Crippen LogP contribution is -2.13. The quantitative estimate of drug-likeness (QED) is 0.230. The SMILES string of the molecule is C1=C(CCC2=Cc3ccccc3C2C2C(CCC3=Cc4ccccc4C3)=Cc3ccccc32)Cc2ccccc21. The largest absolute Gasteiger partial charge is 0.0649 e. The van der Waals surface area contributed by atoms with E-state index in [1.165, 1.54) is 44.5 Å². The van der Waals surface area contributed by atoms with Gasteiger partial charge in [0.2, 0.25) is 0 Å². The normalized spacial score (nSPS) is 19.8. The van der Waals surface area contributed by atoms with Gasteiger partial charge in [0.25, 0.3) is 0 Å². The summed E-state index contributed by atoms with van der Waals surface area (Å²) in [5, 5.41) is 0. The highest BCUT2D eigenvalue weighted by Crippen LogP contribution is 2.54. The van der Waals surface area contributed by atoms with E-state index in [2.05, 4.69) is 121 Å². The minimum Gasteiger partial charge on any atom is -0.0649 e. The van der Waals surface area contributed by atoms with Crippen LogP contribution in [0.25, 0.3) is 24.3 Å². The van der Waals surface area contributed by atoms with Crippen LogP contribution in [0.2, 0.25) is 0 Å². The molecule has 0 radical (unpaired) electrons. The molecule has 2 unspecified atom stereocenters. The van der Waals surface area contributed by atoms with Gasteiger partial charge >= 0.3 is 0 Å². The molecule has 0 nitrogen and oxygen atoms in total. The predicted octanol–water partition coefficient (Wildman–Crippen LogP) is 10.2. The molecule has 4 aliphatic rings. The van der Waals surface area contributed by atoms with E-state index in [1.54, 1.807) is 22.3 Å². The molecular weight excluding hydrogens is 480 g/mol. The molecule has 40 heavy (non-hydrogen) atoms. The summed E-state index contributed by atoms with van der Waals surface area (Å²) < 4.78 is 0. The van der Waals surface area contributed by atoms with Crippen LogP contribution in [0.15, 0.2) is 119 Å². The van der Waals surface area contributed by atoms with Crippen LogP contribution in [-0.4, -0.2) is 0 Å². The summed E-state index contributed by atoms with van der Waals surface area (Å²) in [5.41, 5.74) is 18.0. The molecule has 0 saturated carbocycles. The topological polar surface area (TPSA) is 0 Å². The molecule has 0 N–H and O–H groups in total. The fourth-order valence-electron chi connectivity index (χ4n) is 7.71. The molecule has 194 valence electrons. The van der Waals surface area contributed by atoms with E-state index in [0.29, 0.717) is 11.8 Å². The third kappa shape index (κ3) is 4.14. The summed E-state index contributed by atoms with van der Waals surface area (Å²) in [5.74, 6) is 0.843. The van der Waals surface area contributed by atoms with Crippen molar-refractivity contribution in [2.75, 3.05) is 0 Å². The number of allylic oxidation sites excluding steroid dienone is 4. The first kappa shape index (κ1) is 23.7. The zero-order valence-electron chi connectivity index (χ0n) is 22.9. The maximum absolute atomic E-state index is 2.53. The molecule has 0 saturated heterocycles. The second kappa shape index (κ2) is 9.79. The third-order valence-electron chi connectivity index (χ3n) is 9.61. The van der Waals surface area contributed by atoms with Crippen molar-refractivity contribution in [3.63, 3.8) is 0 Å². The molecule has 0 heterocycles. The minimum atomic E-state index is 0.422. The van der Waals surface area contributed by atoms with Gasteiger partial charge in [-0.15, -0.1) is 0 Å². The average Bonchev–Trinajstić information content (AvgIpc) is 3.76. The Kier molecular flexibility index (Phi) is 5.80. The fraction of sp³-hybridized carbons (Fsp3) is 0.200. The Morgan fingerprint density at radius 1 is 0.400 bits per heavy atom. The van der Waals surface area contributed by atoms with Crippen LogP contribution >= 0.6 is 0 Å². The van der Waals surface area contributed by atoms with Crippen LogP contribution in [0.1, 0.15) is 82.0 Å². The predicted molar refractivity (Wildman–Crippen MR) is 169 cm³/mol. The van der Waals surface area contributed by atoms with Crippen LogP contribution < -0.4 is 0 Å². The summed E-state index contributed by atoms with van der Waals surface area (Å²) in [6.07, 6.45) is 16.7. The van der Waals surface area contributed by atoms with Crippen LogP contribution in [-0.2, 0) is 12.8 Å². The molecule has 2 atom stereocenters. The molecule has 4 aromatic carbocycles. The molecule has 0 aromatic heterocycles. The number of hydrogen-bond donors (Lipinski definition) is 0. The van der Waals surface area contributed by atoms with Gasteiger partial charge in [0.05, 0.1) is 0 Å². The van der Waals surface area contributed by atoms with Crippen LogP contribution in [0.4, 0.5) is 0 Å². The zero-order chi connectivity index (χ0) is 26.5. The van der Waals surface area contributed by atoms with E-state index >= 15 is 0 Å².